The van der Waals surface area contributed by atoms with Gasteiger partial charge in [-0.1, -0.05) is 56.3 Å². The molecule has 0 aliphatic heterocycles. The topological polar surface area (TPSA) is 21.3 Å². The van der Waals surface area contributed by atoms with Crippen LogP contribution in [0.15, 0.2) is 54.6 Å². The van der Waals surface area contributed by atoms with Crippen molar-refractivity contribution in [3.63, 3.8) is 0 Å². The fourth-order valence-electron chi connectivity index (χ4n) is 2.82. The summed E-state index contributed by atoms with van der Waals surface area (Å²) >= 11 is 0. The maximum absolute atomic E-state index is 5.32. The van der Waals surface area contributed by atoms with Crippen LogP contribution in [0, 0.1) is 0 Å². The molecule has 0 fully saturated rings. The fourth-order valence-corrected chi connectivity index (χ4v) is 2.82. The molecule has 0 bridgehead atoms. The highest BCUT2D eigenvalue weighted by molar-refractivity contribution is 5.31. The van der Waals surface area contributed by atoms with Crippen molar-refractivity contribution in [3.05, 3.63) is 65.7 Å². The summed E-state index contributed by atoms with van der Waals surface area (Å²) in [6.07, 6.45) is 0.968. The van der Waals surface area contributed by atoms with Gasteiger partial charge in [-0.25, -0.2) is 0 Å². The van der Waals surface area contributed by atoms with E-state index in [1.54, 1.807) is 7.11 Å². The van der Waals surface area contributed by atoms with Crippen LogP contribution >= 0.6 is 0 Å². The molecule has 2 aromatic rings. The van der Waals surface area contributed by atoms with Crippen molar-refractivity contribution >= 4 is 0 Å². The van der Waals surface area contributed by atoms with E-state index in [2.05, 4.69) is 67.7 Å². The number of nitrogens with one attached hydrogen (secondary N) is 1. The van der Waals surface area contributed by atoms with Crippen LogP contribution in [-0.4, -0.2) is 20.2 Å². The van der Waals surface area contributed by atoms with E-state index < -0.39 is 0 Å². The van der Waals surface area contributed by atoms with Crippen molar-refractivity contribution in [2.45, 2.75) is 31.7 Å². The molecule has 1 unspecified atom stereocenters. The second-order valence-corrected chi connectivity index (χ2v) is 5.98. The molecule has 21 heavy (non-hydrogen) atoms. The van der Waals surface area contributed by atoms with Gasteiger partial charge in [-0.05, 0) is 36.7 Å². The number of benzene rings is 2. The van der Waals surface area contributed by atoms with Gasteiger partial charge in [0.15, 0.2) is 0 Å². The number of rotatable bonds is 6. The van der Waals surface area contributed by atoms with Gasteiger partial charge in [-0.3, -0.25) is 0 Å². The van der Waals surface area contributed by atoms with E-state index in [-0.39, 0.29) is 5.41 Å². The Morgan fingerprint density at radius 2 is 1.76 bits per heavy atom. The minimum Gasteiger partial charge on any atom is -0.497 e. The van der Waals surface area contributed by atoms with Gasteiger partial charge in [0.25, 0.3) is 0 Å². The predicted octanol–water partition coefficient (Wildman–Crippen LogP) is 3.80. The van der Waals surface area contributed by atoms with Gasteiger partial charge in [-0.2, -0.15) is 0 Å². The standard InChI is InChI=1S/C19H25NO/c1-19(2,16-10-6-5-7-11-16)18(20-3)14-15-9-8-12-17(13-15)21-4/h5-13,18,20H,14H2,1-4H3. The third-order valence-corrected chi connectivity index (χ3v) is 4.31. The minimum absolute atomic E-state index is 0.0546. The van der Waals surface area contributed by atoms with Crippen molar-refractivity contribution in [2.24, 2.45) is 0 Å². The highest BCUT2D eigenvalue weighted by atomic mass is 16.5. The van der Waals surface area contributed by atoms with E-state index in [0.717, 1.165) is 12.2 Å². The molecule has 0 saturated heterocycles. The third kappa shape index (κ3) is 3.64. The predicted molar refractivity (Wildman–Crippen MR) is 89.0 cm³/mol. The van der Waals surface area contributed by atoms with Crippen LogP contribution in [0.2, 0.25) is 0 Å². The van der Waals surface area contributed by atoms with Crippen LogP contribution in [0.3, 0.4) is 0 Å². The summed E-state index contributed by atoms with van der Waals surface area (Å²) in [5.74, 6) is 0.917. The minimum atomic E-state index is 0.0546. The molecule has 0 aromatic heterocycles. The Morgan fingerprint density at radius 3 is 2.38 bits per heavy atom. The highest BCUT2D eigenvalue weighted by Crippen LogP contribution is 2.29. The third-order valence-electron chi connectivity index (χ3n) is 4.31. The number of ether oxygens (including phenoxy) is 1. The van der Waals surface area contributed by atoms with E-state index in [0.29, 0.717) is 6.04 Å². The summed E-state index contributed by atoms with van der Waals surface area (Å²) in [5, 5.41) is 3.49. The number of methoxy groups -OCH3 is 1. The van der Waals surface area contributed by atoms with E-state index in [4.69, 9.17) is 4.74 Å². The normalized spacial score (nSPS) is 13.0. The van der Waals surface area contributed by atoms with Crippen molar-refractivity contribution in [3.8, 4) is 5.75 Å². The molecule has 1 atom stereocenters. The Balaban J connectivity index is 2.22. The van der Waals surface area contributed by atoms with Gasteiger partial charge < -0.3 is 10.1 Å². The van der Waals surface area contributed by atoms with Crippen LogP contribution in [0.4, 0.5) is 0 Å². The van der Waals surface area contributed by atoms with Crippen molar-refractivity contribution in [1.82, 2.24) is 5.32 Å². The zero-order valence-corrected chi connectivity index (χ0v) is 13.4. The molecule has 0 radical (unpaired) electrons. The Labute approximate surface area is 128 Å². The molecule has 0 saturated carbocycles. The van der Waals surface area contributed by atoms with E-state index >= 15 is 0 Å². The molecule has 2 aromatic carbocycles. The highest BCUT2D eigenvalue weighted by Gasteiger charge is 2.30. The zero-order valence-electron chi connectivity index (χ0n) is 13.4. The Bertz CT molecular complexity index is 563. The lowest BCUT2D eigenvalue weighted by atomic mass is 9.75. The monoisotopic (exact) mass is 283 g/mol. The van der Waals surface area contributed by atoms with Crippen molar-refractivity contribution in [2.75, 3.05) is 14.2 Å². The van der Waals surface area contributed by atoms with Gasteiger partial charge in [0.1, 0.15) is 5.75 Å². The number of likely N-dealkylation sites (N-methyl/N-ethyl adjacent to an activating group) is 1. The molecule has 2 heteroatoms. The first kappa shape index (κ1) is 15.6. The Morgan fingerprint density at radius 1 is 1.05 bits per heavy atom. The first-order chi connectivity index (χ1) is 10.1. The first-order valence-electron chi connectivity index (χ1n) is 7.43. The molecule has 1 N–H and O–H groups in total. The summed E-state index contributed by atoms with van der Waals surface area (Å²) in [4.78, 5) is 0. The lowest BCUT2D eigenvalue weighted by Crippen LogP contribution is -2.44. The van der Waals surface area contributed by atoms with Gasteiger partial charge in [0.2, 0.25) is 0 Å². The SMILES string of the molecule is CNC(Cc1cccc(OC)c1)C(C)(C)c1ccccc1. The molecule has 0 amide bonds. The van der Waals surface area contributed by atoms with Gasteiger partial charge in [-0.15, -0.1) is 0 Å². The summed E-state index contributed by atoms with van der Waals surface area (Å²) in [6.45, 7) is 4.59. The lowest BCUT2D eigenvalue weighted by Gasteiger charge is -2.35. The van der Waals surface area contributed by atoms with E-state index in [1.807, 2.05) is 13.1 Å². The Kier molecular flexibility index (Phi) is 5.03. The summed E-state index contributed by atoms with van der Waals surface area (Å²) in [7, 11) is 3.75. The molecule has 112 valence electrons. The van der Waals surface area contributed by atoms with Gasteiger partial charge in [0.05, 0.1) is 7.11 Å². The summed E-state index contributed by atoms with van der Waals surface area (Å²) < 4.78 is 5.32. The number of hydrogen-bond acceptors (Lipinski definition) is 2. The second kappa shape index (κ2) is 6.77. The van der Waals surface area contributed by atoms with Crippen LogP contribution in [0.25, 0.3) is 0 Å². The van der Waals surface area contributed by atoms with E-state index in [1.165, 1.54) is 11.1 Å². The largest absolute Gasteiger partial charge is 0.497 e. The van der Waals surface area contributed by atoms with Crippen LogP contribution in [-0.2, 0) is 11.8 Å². The molecule has 0 aliphatic rings. The Hall–Kier alpha value is -1.80. The molecule has 0 spiro atoms. The van der Waals surface area contributed by atoms with Crippen LogP contribution in [0.5, 0.6) is 5.75 Å². The van der Waals surface area contributed by atoms with Gasteiger partial charge >= 0.3 is 0 Å². The fraction of sp³-hybridized carbons (Fsp3) is 0.368. The maximum Gasteiger partial charge on any atom is 0.119 e. The second-order valence-electron chi connectivity index (χ2n) is 5.98. The molecule has 0 aliphatic carbocycles. The molecule has 0 heterocycles. The van der Waals surface area contributed by atoms with Crippen LogP contribution in [0.1, 0.15) is 25.0 Å². The van der Waals surface area contributed by atoms with Crippen molar-refractivity contribution < 1.29 is 4.74 Å². The summed E-state index contributed by atoms with van der Waals surface area (Å²) in [5.41, 5.74) is 2.70. The average Bonchev–Trinajstić information content (AvgIpc) is 2.53. The molecular formula is C19H25NO. The molecule has 2 rings (SSSR count). The average molecular weight is 283 g/mol. The number of hydrogen-bond donors (Lipinski definition) is 1. The van der Waals surface area contributed by atoms with Gasteiger partial charge in [0, 0.05) is 11.5 Å². The smallest absolute Gasteiger partial charge is 0.119 e. The van der Waals surface area contributed by atoms with Crippen LogP contribution < -0.4 is 10.1 Å². The molecule has 2 nitrogen and oxygen atoms in total. The molecular weight excluding hydrogens is 258 g/mol. The summed E-state index contributed by atoms with van der Waals surface area (Å²) in [6, 6.07) is 19.4. The quantitative estimate of drug-likeness (QED) is 0.870. The maximum atomic E-state index is 5.32. The van der Waals surface area contributed by atoms with Crippen molar-refractivity contribution in [1.29, 1.82) is 0 Å². The van der Waals surface area contributed by atoms with E-state index in [9.17, 15) is 0 Å². The zero-order chi connectivity index (χ0) is 15.3. The lowest BCUT2D eigenvalue weighted by molar-refractivity contribution is 0.355. The first-order valence-corrected chi connectivity index (χ1v) is 7.43.